The fraction of sp³-hybridized carbons (Fsp3) is 0.111. The molecule has 1 aromatic heterocycles. The lowest BCUT2D eigenvalue weighted by Gasteiger charge is -2.12. The summed E-state index contributed by atoms with van der Waals surface area (Å²) in [5.74, 6) is -0.655. The van der Waals surface area contributed by atoms with Gasteiger partial charge in [0.05, 0.1) is 25.3 Å². The van der Waals surface area contributed by atoms with Gasteiger partial charge in [-0.25, -0.2) is 4.79 Å². The standard InChI is InChI=1S/C27H23N3O5/c1-34-23-7-3-5-19(15-23)26(32)30-22-12-17(11-21(14-22)27(33)35-2)16-29-25(31)20-8-9-24-18(13-20)6-4-10-28-24/h3-15H,16H2,1-2H3,(H,29,31)(H,30,32). The molecule has 8 nitrogen and oxygen atoms in total. The third-order valence-corrected chi connectivity index (χ3v) is 5.32. The summed E-state index contributed by atoms with van der Waals surface area (Å²) >= 11 is 0. The van der Waals surface area contributed by atoms with Gasteiger partial charge in [0, 0.05) is 34.9 Å². The molecule has 0 saturated heterocycles. The van der Waals surface area contributed by atoms with Crippen molar-refractivity contribution in [3.63, 3.8) is 0 Å². The van der Waals surface area contributed by atoms with Gasteiger partial charge >= 0.3 is 5.97 Å². The van der Waals surface area contributed by atoms with Crippen LogP contribution in [0, 0.1) is 0 Å². The third kappa shape index (κ3) is 5.62. The molecule has 4 aromatic rings. The van der Waals surface area contributed by atoms with E-state index in [0.717, 1.165) is 10.9 Å². The van der Waals surface area contributed by atoms with Crippen LogP contribution < -0.4 is 15.4 Å². The van der Waals surface area contributed by atoms with Crippen molar-refractivity contribution in [1.82, 2.24) is 10.3 Å². The fourth-order valence-electron chi connectivity index (χ4n) is 3.57. The highest BCUT2D eigenvalue weighted by Crippen LogP contribution is 2.19. The van der Waals surface area contributed by atoms with Crippen LogP contribution in [0.15, 0.2) is 79.0 Å². The maximum atomic E-state index is 12.7. The minimum absolute atomic E-state index is 0.136. The van der Waals surface area contributed by atoms with Gasteiger partial charge in [0.2, 0.25) is 0 Å². The van der Waals surface area contributed by atoms with E-state index in [1.54, 1.807) is 60.8 Å². The summed E-state index contributed by atoms with van der Waals surface area (Å²) in [6.07, 6.45) is 1.70. The summed E-state index contributed by atoms with van der Waals surface area (Å²) in [7, 11) is 2.80. The second-order valence-electron chi connectivity index (χ2n) is 7.69. The first kappa shape index (κ1) is 23.4. The number of nitrogens with one attached hydrogen (secondary N) is 2. The fourth-order valence-corrected chi connectivity index (χ4v) is 3.57. The largest absolute Gasteiger partial charge is 0.497 e. The Kier molecular flexibility index (Phi) is 7.02. The second kappa shape index (κ2) is 10.5. The Balaban J connectivity index is 1.53. The molecule has 0 spiro atoms. The van der Waals surface area contributed by atoms with Crippen molar-refractivity contribution < 1.29 is 23.9 Å². The third-order valence-electron chi connectivity index (χ3n) is 5.32. The van der Waals surface area contributed by atoms with Gasteiger partial charge < -0.3 is 20.1 Å². The molecule has 0 atom stereocenters. The minimum atomic E-state index is -0.558. The normalized spacial score (nSPS) is 10.5. The molecule has 0 aliphatic rings. The number of ether oxygens (including phenoxy) is 2. The smallest absolute Gasteiger partial charge is 0.337 e. The van der Waals surface area contributed by atoms with E-state index in [4.69, 9.17) is 9.47 Å². The van der Waals surface area contributed by atoms with Gasteiger partial charge in [-0.05, 0) is 66.2 Å². The zero-order valence-electron chi connectivity index (χ0n) is 19.2. The Morgan fingerprint density at radius 2 is 1.66 bits per heavy atom. The number of nitrogens with zero attached hydrogens (tertiary/aromatic N) is 1. The summed E-state index contributed by atoms with van der Waals surface area (Å²) in [5.41, 5.74) is 2.93. The Hall–Kier alpha value is -4.72. The maximum absolute atomic E-state index is 12.7. The van der Waals surface area contributed by atoms with E-state index < -0.39 is 5.97 Å². The van der Waals surface area contributed by atoms with Crippen LogP contribution in [0.5, 0.6) is 5.75 Å². The summed E-state index contributed by atoms with van der Waals surface area (Å²) in [5, 5.41) is 6.49. The average molecular weight is 469 g/mol. The lowest BCUT2D eigenvalue weighted by molar-refractivity contribution is 0.0600. The van der Waals surface area contributed by atoms with Gasteiger partial charge in [-0.15, -0.1) is 0 Å². The predicted octanol–water partition coefficient (Wildman–Crippen LogP) is 4.21. The molecular weight excluding hydrogens is 446 g/mol. The predicted molar refractivity (Wildman–Crippen MR) is 132 cm³/mol. The molecule has 0 unspecified atom stereocenters. The number of hydrogen-bond acceptors (Lipinski definition) is 6. The van der Waals surface area contributed by atoms with Crippen molar-refractivity contribution >= 4 is 34.4 Å². The van der Waals surface area contributed by atoms with Crippen molar-refractivity contribution in [1.29, 1.82) is 0 Å². The lowest BCUT2D eigenvalue weighted by Crippen LogP contribution is -2.23. The van der Waals surface area contributed by atoms with Gasteiger partial charge in [-0.1, -0.05) is 12.1 Å². The first-order chi connectivity index (χ1) is 17.0. The first-order valence-electron chi connectivity index (χ1n) is 10.8. The van der Waals surface area contributed by atoms with Crippen LogP contribution in [0.1, 0.15) is 36.6 Å². The lowest BCUT2D eigenvalue weighted by atomic mass is 10.1. The van der Waals surface area contributed by atoms with Gasteiger partial charge in [0.25, 0.3) is 11.8 Å². The first-order valence-corrected chi connectivity index (χ1v) is 10.8. The van der Waals surface area contributed by atoms with Crippen molar-refractivity contribution in [2.75, 3.05) is 19.5 Å². The van der Waals surface area contributed by atoms with Crippen molar-refractivity contribution in [3.05, 3.63) is 101 Å². The molecule has 0 bridgehead atoms. The Bertz CT molecular complexity index is 1420. The summed E-state index contributed by atoms with van der Waals surface area (Å²) in [6, 6.07) is 20.5. The Morgan fingerprint density at radius 3 is 2.46 bits per heavy atom. The van der Waals surface area contributed by atoms with Gasteiger partial charge in [-0.3, -0.25) is 14.6 Å². The number of rotatable bonds is 7. The monoisotopic (exact) mass is 469 g/mol. The molecule has 0 aliphatic heterocycles. The number of fused-ring (bicyclic) bond motifs is 1. The molecule has 35 heavy (non-hydrogen) atoms. The van der Waals surface area contributed by atoms with E-state index in [1.807, 2.05) is 12.1 Å². The number of aromatic nitrogens is 1. The molecule has 0 fully saturated rings. The zero-order valence-corrected chi connectivity index (χ0v) is 19.2. The molecule has 1 heterocycles. The number of esters is 1. The van der Waals surface area contributed by atoms with Gasteiger partial charge in [0.1, 0.15) is 5.75 Å². The van der Waals surface area contributed by atoms with Crippen LogP contribution in [0.4, 0.5) is 5.69 Å². The van der Waals surface area contributed by atoms with Gasteiger partial charge in [-0.2, -0.15) is 0 Å². The molecule has 0 saturated carbocycles. The van der Waals surface area contributed by atoms with Crippen LogP contribution in [0.2, 0.25) is 0 Å². The quantitative estimate of drug-likeness (QED) is 0.393. The highest BCUT2D eigenvalue weighted by atomic mass is 16.5. The average Bonchev–Trinajstić information content (AvgIpc) is 2.90. The van der Waals surface area contributed by atoms with Gasteiger partial charge in [0.15, 0.2) is 0 Å². The van der Waals surface area contributed by atoms with Crippen molar-refractivity contribution in [2.45, 2.75) is 6.54 Å². The number of hydrogen-bond donors (Lipinski definition) is 2. The van der Waals surface area contributed by atoms with Crippen molar-refractivity contribution in [3.8, 4) is 5.75 Å². The number of anilines is 1. The van der Waals surface area contributed by atoms with E-state index in [2.05, 4.69) is 15.6 Å². The molecule has 176 valence electrons. The van der Waals surface area contributed by atoms with E-state index >= 15 is 0 Å². The molecule has 0 aliphatic carbocycles. The number of methoxy groups -OCH3 is 2. The minimum Gasteiger partial charge on any atom is -0.497 e. The molecule has 0 radical (unpaired) electrons. The Morgan fingerprint density at radius 1 is 0.829 bits per heavy atom. The molecule has 4 rings (SSSR count). The van der Waals surface area contributed by atoms with Crippen LogP contribution in [0.3, 0.4) is 0 Å². The molecule has 2 N–H and O–H groups in total. The number of pyridine rings is 1. The van der Waals surface area contributed by atoms with E-state index in [-0.39, 0.29) is 23.9 Å². The number of benzene rings is 3. The number of carbonyl (C=O) groups is 3. The zero-order chi connectivity index (χ0) is 24.8. The summed E-state index contributed by atoms with van der Waals surface area (Å²) in [4.78, 5) is 41.9. The summed E-state index contributed by atoms with van der Waals surface area (Å²) < 4.78 is 10.0. The topological polar surface area (TPSA) is 107 Å². The molecular formula is C27H23N3O5. The van der Waals surface area contributed by atoms with Crippen molar-refractivity contribution in [2.24, 2.45) is 0 Å². The highest BCUT2D eigenvalue weighted by Gasteiger charge is 2.14. The van der Waals surface area contributed by atoms with E-state index in [9.17, 15) is 14.4 Å². The highest BCUT2D eigenvalue weighted by molar-refractivity contribution is 6.05. The Labute approximate surface area is 201 Å². The van der Waals surface area contributed by atoms with E-state index in [0.29, 0.717) is 28.1 Å². The van der Waals surface area contributed by atoms with Crippen LogP contribution in [0.25, 0.3) is 10.9 Å². The van der Waals surface area contributed by atoms with E-state index in [1.165, 1.54) is 20.3 Å². The number of amides is 2. The van der Waals surface area contributed by atoms with Crippen LogP contribution >= 0.6 is 0 Å². The van der Waals surface area contributed by atoms with Crippen LogP contribution in [-0.4, -0.2) is 37.0 Å². The molecule has 8 heteroatoms. The number of carbonyl (C=O) groups excluding carboxylic acids is 3. The second-order valence-corrected chi connectivity index (χ2v) is 7.69. The molecule has 3 aromatic carbocycles. The van der Waals surface area contributed by atoms with Crippen LogP contribution in [-0.2, 0) is 11.3 Å². The summed E-state index contributed by atoms with van der Waals surface area (Å²) in [6.45, 7) is 0.136. The SMILES string of the molecule is COC(=O)c1cc(CNC(=O)c2ccc3ncccc3c2)cc(NC(=O)c2cccc(OC)c2)c1. The molecule has 2 amide bonds. The maximum Gasteiger partial charge on any atom is 0.337 e.